The molecule has 0 aliphatic carbocycles. The standard InChI is InChI=1S/C18H26ClN4O7PS/c1-11(24)32-8-7-28-31(27,22(3)4)29-9-13-15(25)18(2,26)17(30-13)23-10-21-14-12(19)5-6-20-16(14)23/h5-6,10,13,15,17,25-26H,7-9H2,1-4H3/t13-,15-,17-,18-,31?/m1/s1. The van der Waals surface area contributed by atoms with Crippen LogP contribution in [0.25, 0.3) is 11.2 Å². The summed E-state index contributed by atoms with van der Waals surface area (Å²) in [5.41, 5.74) is -0.925. The number of rotatable bonds is 9. The second-order valence-corrected chi connectivity index (χ2v) is 11.5. The van der Waals surface area contributed by atoms with Crippen LogP contribution in [-0.2, 0) is 23.1 Å². The zero-order valence-electron chi connectivity index (χ0n) is 18.0. The Kier molecular flexibility index (Phi) is 8.01. The normalized spacial score (nSPS) is 27.8. The van der Waals surface area contributed by atoms with Gasteiger partial charge in [0.2, 0.25) is 0 Å². The number of nitrogens with zero attached hydrogens (tertiary/aromatic N) is 4. The molecule has 2 aromatic rings. The lowest BCUT2D eigenvalue weighted by molar-refractivity contribution is -0.109. The zero-order valence-corrected chi connectivity index (χ0v) is 20.5. The molecule has 0 amide bonds. The van der Waals surface area contributed by atoms with Gasteiger partial charge in [-0.25, -0.2) is 19.2 Å². The van der Waals surface area contributed by atoms with Gasteiger partial charge in [0.25, 0.3) is 0 Å². The molecule has 11 nitrogen and oxygen atoms in total. The molecule has 178 valence electrons. The van der Waals surface area contributed by atoms with E-state index in [-0.39, 0.29) is 18.3 Å². The molecule has 2 N–H and O–H groups in total. The second-order valence-electron chi connectivity index (χ2n) is 7.60. The van der Waals surface area contributed by atoms with Crippen LogP contribution in [0.3, 0.4) is 0 Å². The van der Waals surface area contributed by atoms with Gasteiger partial charge in [-0.15, -0.1) is 0 Å². The number of pyridine rings is 1. The highest BCUT2D eigenvalue weighted by molar-refractivity contribution is 8.13. The molecular formula is C18H26ClN4O7PS. The zero-order chi connectivity index (χ0) is 23.7. The quantitative estimate of drug-likeness (QED) is 0.380. The summed E-state index contributed by atoms with van der Waals surface area (Å²) in [6.07, 6.45) is -0.519. The van der Waals surface area contributed by atoms with E-state index in [1.54, 1.807) is 6.07 Å². The first-order chi connectivity index (χ1) is 15.0. The molecule has 3 heterocycles. The largest absolute Gasteiger partial charge is 0.407 e. The van der Waals surface area contributed by atoms with Gasteiger partial charge in [0, 0.05) is 18.9 Å². The van der Waals surface area contributed by atoms with Gasteiger partial charge >= 0.3 is 7.75 Å². The highest BCUT2D eigenvalue weighted by Crippen LogP contribution is 2.51. The van der Waals surface area contributed by atoms with Crippen molar-refractivity contribution in [2.24, 2.45) is 0 Å². The van der Waals surface area contributed by atoms with E-state index in [4.69, 9.17) is 25.4 Å². The summed E-state index contributed by atoms with van der Waals surface area (Å²) in [6.45, 7) is 2.56. The molecular weight excluding hydrogens is 483 g/mol. The lowest BCUT2D eigenvalue weighted by Crippen LogP contribution is -2.44. The second kappa shape index (κ2) is 10.0. The molecule has 0 bridgehead atoms. The summed E-state index contributed by atoms with van der Waals surface area (Å²) >= 11 is 7.19. The summed E-state index contributed by atoms with van der Waals surface area (Å²) in [7, 11) is -0.661. The maximum atomic E-state index is 13.1. The van der Waals surface area contributed by atoms with Gasteiger partial charge in [0.05, 0.1) is 24.6 Å². The van der Waals surface area contributed by atoms with Crippen molar-refractivity contribution >= 4 is 47.4 Å². The minimum Gasteiger partial charge on any atom is -0.387 e. The third kappa shape index (κ3) is 5.19. The van der Waals surface area contributed by atoms with Gasteiger partial charge in [-0.2, -0.15) is 0 Å². The van der Waals surface area contributed by atoms with Crippen molar-refractivity contribution in [2.75, 3.05) is 33.1 Å². The predicted octanol–water partition coefficient (Wildman–Crippen LogP) is 2.08. The van der Waals surface area contributed by atoms with Crippen LogP contribution in [0, 0.1) is 0 Å². The molecule has 2 aromatic heterocycles. The van der Waals surface area contributed by atoms with E-state index in [2.05, 4.69) is 9.97 Å². The number of halogens is 1. The van der Waals surface area contributed by atoms with Crippen molar-refractivity contribution in [1.29, 1.82) is 0 Å². The molecule has 14 heteroatoms. The van der Waals surface area contributed by atoms with Crippen LogP contribution in [0.15, 0.2) is 18.6 Å². The van der Waals surface area contributed by atoms with E-state index in [9.17, 15) is 19.6 Å². The summed E-state index contributed by atoms with van der Waals surface area (Å²) in [4.78, 5) is 19.5. The van der Waals surface area contributed by atoms with Crippen molar-refractivity contribution in [2.45, 2.75) is 37.9 Å². The van der Waals surface area contributed by atoms with Crippen LogP contribution < -0.4 is 0 Å². The fraction of sp³-hybridized carbons (Fsp3) is 0.611. The summed E-state index contributed by atoms with van der Waals surface area (Å²) in [5.74, 6) is 0.319. The van der Waals surface area contributed by atoms with Crippen LogP contribution in [-0.4, -0.2) is 85.4 Å². The van der Waals surface area contributed by atoms with Crippen LogP contribution in [0.5, 0.6) is 0 Å². The molecule has 3 rings (SSSR count). The SMILES string of the molecule is CC(=O)SCCOP(=O)(OC[C@H]1O[C@@H](n2cnc3c(Cl)ccnc32)[C@](C)(O)[C@@H]1O)N(C)C. The maximum Gasteiger partial charge on any atom is 0.407 e. The topological polar surface area (TPSA) is 136 Å². The molecule has 1 fully saturated rings. The number of aliphatic hydroxyl groups is 2. The van der Waals surface area contributed by atoms with Crippen LogP contribution in [0.2, 0.25) is 5.02 Å². The summed E-state index contributed by atoms with van der Waals surface area (Å²) < 4.78 is 32.6. The minimum absolute atomic E-state index is 0.0293. The van der Waals surface area contributed by atoms with Gasteiger partial charge < -0.3 is 14.9 Å². The molecule has 1 unspecified atom stereocenters. The highest BCUT2D eigenvalue weighted by Gasteiger charge is 2.54. The monoisotopic (exact) mass is 508 g/mol. The van der Waals surface area contributed by atoms with E-state index in [1.165, 1.54) is 49.7 Å². The fourth-order valence-corrected chi connectivity index (χ4v) is 5.19. The Morgan fingerprint density at radius 3 is 2.81 bits per heavy atom. The Bertz CT molecular complexity index is 1020. The number of fused-ring (bicyclic) bond motifs is 1. The smallest absolute Gasteiger partial charge is 0.387 e. The average Bonchev–Trinajstić information content (AvgIpc) is 3.24. The predicted molar refractivity (Wildman–Crippen MR) is 119 cm³/mol. The van der Waals surface area contributed by atoms with Crippen LogP contribution in [0.4, 0.5) is 0 Å². The van der Waals surface area contributed by atoms with Crippen molar-refractivity contribution in [3.8, 4) is 0 Å². The number of hydrogen-bond acceptors (Lipinski definition) is 10. The minimum atomic E-state index is -3.71. The lowest BCUT2D eigenvalue weighted by atomic mass is 9.96. The molecule has 1 aliphatic heterocycles. The maximum absolute atomic E-state index is 13.1. The average molecular weight is 509 g/mol. The van der Waals surface area contributed by atoms with Crippen molar-refractivity contribution in [3.63, 3.8) is 0 Å². The highest BCUT2D eigenvalue weighted by atomic mass is 35.5. The number of carbonyl (C=O) groups is 1. The molecule has 0 spiro atoms. The van der Waals surface area contributed by atoms with Gasteiger partial charge in [0.1, 0.15) is 23.3 Å². The third-order valence-corrected chi connectivity index (χ3v) is 8.00. The van der Waals surface area contributed by atoms with Crippen LogP contribution >= 0.6 is 31.1 Å². The number of carbonyl (C=O) groups excluding carboxylic acids is 1. The number of ether oxygens (including phenoxy) is 1. The van der Waals surface area contributed by atoms with E-state index >= 15 is 0 Å². The molecule has 0 aromatic carbocycles. The van der Waals surface area contributed by atoms with Crippen molar-refractivity contribution in [3.05, 3.63) is 23.6 Å². The third-order valence-electron chi connectivity index (χ3n) is 4.95. The first-order valence-corrected chi connectivity index (χ1v) is 12.6. The fourth-order valence-electron chi connectivity index (χ4n) is 3.23. The van der Waals surface area contributed by atoms with Gasteiger partial charge in [-0.3, -0.25) is 18.4 Å². The number of imidazole rings is 1. The van der Waals surface area contributed by atoms with Gasteiger partial charge in [0.15, 0.2) is 17.0 Å². The summed E-state index contributed by atoms with van der Waals surface area (Å²) in [5, 5.41) is 22.0. The Morgan fingerprint density at radius 2 is 2.16 bits per heavy atom. The first kappa shape index (κ1) is 25.5. The molecule has 1 saturated heterocycles. The van der Waals surface area contributed by atoms with Gasteiger partial charge in [-0.1, -0.05) is 23.4 Å². The first-order valence-electron chi connectivity index (χ1n) is 9.70. The van der Waals surface area contributed by atoms with E-state index < -0.39 is 31.8 Å². The molecule has 0 saturated carbocycles. The molecule has 0 radical (unpaired) electrons. The Labute approximate surface area is 194 Å². The molecule has 5 atom stereocenters. The number of thioether (sulfide) groups is 1. The Hall–Kier alpha value is -1.08. The van der Waals surface area contributed by atoms with Crippen LogP contribution in [0.1, 0.15) is 20.1 Å². The number of hydrogen-bond donors (Lipinski definition) is 2. The number of aliphatic hydroxyl groups excluding tert-OH is 1. The van der Waals surface area contributed by atoms with E-state index in [1.807, 2.05) is 0 Å². The Balaban J connectivity index is 1.72. The lowest BCUT2D eigenvalue weighted by Gasteiger charge is -2.27. The molecule has 32 heavy (non-hydrogen) atoms. The Morgan fingerprint density at radius 1 is 1.44 bits per heavy atom. The van der Waals surface area contributed by atoms with E-state index in [0.29, 0.717) is 21.9 Å². The number of aromatic nitrogens is 3. The molecule has 1 aliphatic rings. The summed E-state index contributed by atoms with van der Waals surface area (Å²) in [6, 6.07) is 1.59. The van der Waals surface area contributed by atoms with Crippen molar-refractivity contribution < 1.29 is 33.4 Å². The van der Waals surface area contributed by atoms with Crippen molar-refractivity contribution in [1.82, 2.24) is 19.2 Å². The van der Waals surface area contributed by atoms with E-state index in [0.717, 1.165) is 11.8 Å². The van der Waals surface area contributed by atoms with Gasteiger partial charge in [-0.05, 0) is 27.1 Å².